The summed E-state index contributed by atoms with van der Waals surface area (Å²) in [5.41, 5.74) is 0. The molecule has 5 nitrogen and oxygen atoms in total. The van der Waals surface area contributed by atoms with E-state index in [0.29, 0.717) is 13.0 Å². The van der Waals surface area contributed by atoms with Crippen LogP contribution in [0.25, 0.3) is 0 Å². The lowest BCUT2D eigenvalue weighted by atomic mass is 10.3. The molecule has 0 bridgehead atoms. The molecule has 0 aliphatic carbocycles. The van der Waals surface area contributed by atoms with Crippen molar-refractivity contribution < 1.29 is 5.11 Å². The second-order valence-electron chi connectivity index (χ2n) is 3.38. The minimum atomic E-state index is -0.285. The fourth-order valence-corrected chi connectivity index (χ4v) is 1.14. The Morgan fingerprint density at radius 1 is 1.33 bits per heavy atom. The van der Waals surface area contributed by atoms with Crippen molar-refractivity contribution in [3.05, 3.63) is 12.4 Å². The number of nitrogens with one attached hydrogen (secondary N) is 2. The summed E-state index contributed by atoms with van der Waals surface area (Å²) in [7, 11) is 0. The molecule has 1 heterocycles. The fourth-order valence-electron chi connectivity index (χ4n) is 1.14. The lowest BCUT2D eigenvalue weighted by molar-refractivity contribution is 0.188. The number of rotatable bonds is 6. The third kappa shape index (κ3) is 4.60. The highest BCUT2D eigenvalue weighted by Gasteiger charge is 1.98. The number of aliphatic hydroxyl groups excluding tert-OH is 1. The van der Waals surface area contributed by atoms with Gasteiger partial charge in [-0.15, -0.1) is 0 Å². The summed E-state index contributed by atoms with van der Waals surface area (Å²) >= 11 is 0. The number of aromatic nitrogens is 2. The summed E-state index contributed by atoms with van der Waals surface area (Å²) in [6, 6.07) is 1.85. The number of hydrogen-bond donors (Lipinski definition) is 3. The van der Waals surface area contributed by atoms with Crippen LogP contribution >= 0.6 is 0 Å². The molecular formula is C10H18N4O. The van der Waals surface area contributed by atoms with Crippen LogP contribution in [0.5, 0.6) is 0 Å². The van der Waals surface area contributed by atoms with Crippen molar-refractivity contribution in [2.45, 2.75) is 26.4 Å². The first kappa shape index (κ1) is 11.7. The van der Waals surface area contributed by atoms with Crippen LogP contribution in [0.3, 0.4) is 0 Å². The predicted molar refractivity (Wildman–Crippen MR) is 61.0 cm³/mol. The van der Waals surface area contributed by atoms with Crippen molar-refractivity contribution in [3.63, 3.8) is 0 Å². The Kier molecular flexibility index (Phi) is 4.83. The van der Waals surface area contributed by atoms with Gasteiger partial charge in [-0.1, -0.05) is 0 Å². The Labute approximate surface area is 90.0 Å². The molecule has 0 spiro atoms. The summed E-state index contributed by atoms with van der Waals surface area (Å²) in [6.07, 6.45) is 1.94. The van der Waals surface area contributed by atoms with Gasteiger partial charge in [0.15, 0.2) is 0 Å². The maximum atomic E-state index is 9.08. The number of aliphatic hydroxyl groups is 1. The molecule has 3 N–H and O–H groups in total. The Hall–Kier alpha value is -1.36. The van der Waals surface area contributed by atoms with Gasteiger partial charge in [0.25, 0.3) is 0 Å². The van der Waals surface area contributed by atoms with E-state index in [2.05, 4.69) is 20.6 Å². The van der Waals surface area contributed by atoms with Crippen LogP contribution in [-0.2, 0) is 0 Å². The van der Waals surface area contributed by atoms with Crippen molar-refractivity contribution in [1.29, 1.82) is 0 Å². The maximum Gasteiger partial charge on any atom is 0.131 e. The molecule has 0 aliphatic heterocycles. The van der Waals surface area contributed by atoms with Gasteiger partial charge >= 0.3 is 0 Å². The Morgan fingerprint density at radius 2 is 2.00 bits per heavy atom. The third-order valence-corrected chi connectivity index (χ3v) is 1.89. The summed E-state index contributed by atoms with van der Waals surface area (Å²) in [5.74, 6) is 1.59. The van der Waals surface area contributed by atoms with Gasteiger partial charge in [0, 0.05) is 19.2 Å². The number of hydrogen-bond acceptors (Lipinski definition) is 5. The molecule has 15 heavy (non-hydrogen) atoms. The molecule has 0 saturated carbocycles. The molecule has 1 aromatic heterocycles. The van der Waals surface area contributed by atoms with Gasteiger partial charge in [-0.3, -0.25) is 0 Å². The maximum absolute atomic E-state index is 9.08. The SMILES string of the molecule is CCNc1cc(NCCC(C)O)ncn1. The van der Waals surface area contributed by atoms with Gasteiger partial charge in [-0.25, -0.2) is 9.97 Å². The van der Waals surface area contributed by atoms with E-state index in [1.807, 2.05) is 13.0 Å². The van der Waals surface area contributed by atoms with E-state index >= 15 is 0 Å². The molecule has 0 radical (unpaired) electrons. The van der Waals surface area contributed by atoms with Crippen LogP contribution in [-0.4, -0.2) is 34.3 Å². The van der Waals surface area contributed by atoms with Gasteiger partial charge in [0.2, 0.25) is 0 Å². The van der Waals surface area contributed by atoms with Crippen molar-refractivity contribution in [2.24, 2.45) is 0 Å². The summed E-state index contributed by atoms with van der Waals surface area (Å²) < 4.78 is 0. The second kappa shape index (κ2) is 6.19. The molecule has 0 amide bonds. The Morgan fingerprint density at radius 3 is 2.60 bits per heavy atom. The standard InChI is InChI=1S/C10H18N4O/c1-3-11-9-6-10(14-7-13-9)12-5-4-8(2)15/h6-8,15H,3-5H2,1-2H3,(H2,11,12,13,14). The molecule has 5 heteroatoms. The predicted octanol–water partition coefficient (Wildman–Crippen LogP) is 1.09. The van der Waals surface area contributed by atoms with Gasteiger partial charge in [-0.05, 0) is 20.3 Å². The van der Waals surface area contributed by atoms with E-state index in [4.69, 9.17) is 5.11 Å². The lowest BCUT2D eigenvalue weighted by Crippen LogP contribution is -2.11. The summed E-state index contributed by atoms with van der Waals surface area (Å²) in [5, 5.41) is 15.3. The largest absolute Gasteiger partial charge is 0.393 e. The zero-order valence-corrected chi connectivity index (χ0v) is 9.20. The van der Waals surface area contributed by atoms with Crippen LogP contribution in [0.4, 0.5) is 11.6 Å². The van der Waals surface area contributed by atoms with Crippen LogP contribution in [0.2, 0.25) is 0 Å². The van der Waals surface area contributed by atoms with Crippen LogP contribution in [0.15, 0.2) is 12.4 Å². The normalized spacial score (nSPS) is 12.2. The monoisotopic (exact) mass is 210 g/mol. The molecular weight excluding hydrogens is 192 g/mol. The first-order chi connectivity index (χ1) is 7.22. The highest BCUT2D eigenvalue weighted by molar-refractivity contribution is 5.46. The molecule has 1 aromatic rings. The highest BCUT2D eigenvalue weighted by Crippen LogP contribution is 2.08. The second-order valence-corrected chi connectivity index (χ2v) is 3.38. The van der Waals surface area contributed by atoms with Crippen LogP contribution in [0, 0.1) is 0 Å². The third-order valence-electron chi connectivity index (χ3n) is 1.89. The zero-order valence-electron chi connectivity index (χ0n) is 9.20. The average Bonchev–Trinajstić information content (AvgIpc) is 2.18. The van der Waals surface area contributed by atoms with E-state index < -0.39 is 0 Å². The zero-order chi connectivity index (χ0) is 11.1. The van der Waals surface area contributed by atoms with Crippen molar-refractivity contribution >= 4 is 11.6 Å². The molecule has 0 fully saturated rings. The van der Waals surface area contributed by atoms with E-state index in [-0.39, 0.29) is 6.10 Å². The van der Waals surface area contributed by atoms with Gasteiger partial charge in [-0.2, -0.15) is 0 Å². The smallest absolute Gasteiger partial charge is 0.131 e. The van der Waals surface area contributed by atoms with Crippen molar-refractivity contribution in [2.75, 3.05) is 23.7 Å². The van der Waals surface area contributed by atoms with Gasteiger partial charge < -0.3 is 15.7 Å². The molecule has 1 atom stereocenters. The Bertz CT molecular complexity index is 291. The summed E-state index contributed by atoms with van der Waals surface area (Å²) in [6.45, 7) is 5.33. The topological polar surface area (TPSA) is 70.1 Å². The Balaban J connectivity index is 2.43. The lowest BCUT2D eigenvalue weighted by Gasteiger charge is -2.08. The first-order valence-corrected chi connectivity index (χ1v) is 5.20. The number of nitrogens with zero attached hydrogens (tertiary/aromatic N) is 2. The minimum Gasteiger partial charge on any atom is -0.393 e. The molecule has 1 unspecified atom stereocenters. The highest BCUT2D eigenvalue weighted by atomic mass is 16.3. The summed E-state index contributed by atoms with van der Waals surface area (Å²) in [4.78, 5) is 8.14. The van der Waals surface area contributed by atoms with Gasteiger partial charge in [0.05, 0.1) is 6.10 Å². The molecule has 1 rings (SSSR count). The van der Waals surface area contributed by atoms with E-state index in [1.54, 1.807) is 6.92 Å². The first-order valence-electron chi connectivity index (χ1n) is 5.20. The van der Waals surface area contributed by atoms with E-state index in [1.165, 1.54) is 6.33 Å². The quantitative estimate of drug-likeness (QED) is 0.655. The molecule has 0 aliphatic rings. The van der Waals surface area contributed by atoms with E-state index in [9.17, 15) is 0 Å². The minimum absolute atomic E-state index is 0.285. The van der Waals surface area contributed by atoms with Crippen molar-refractivity contribution in [1.82, 2.24) is 9.97 Å². The van der Waals surface area contributed by atoms with E-state index in [0.717, 1.165) is 18.2 Å². The van der Waals surface area contributed by atoms with Crippen LogP contribution in [0.1, 0.15) is 20.3 Å². The average molecular weight is 210 g/mol. The van der Waals surface area contributed by atoms with Gasteiger partial charge in [0.1, 0.15) is 18.0 Å². The fraction of sp³-hybridized carbons (Fsp3) is 0.600. The molecule has 0 aromatic carbocycles. The van der Waals surface area contributed by atoms with Crippen molar-refractivity contribution in [3.8, 4) is 0 Å². The van der Waals surface area contributed by atoms with Crippen LogP contribution < -0.4 is 10.6 Å². The molecule has 0 saturated heterocycles. The molecule has 84 valence electrons. The number of anilines is 2.